The maximum absolute atomic E-state index is 15.6. The molecule has 1 aromatic rings. The maximum Gasteiger partial charge on any atom is 0.255 e. The quantitative estimate of drug-likeness (QED) is 0.614. The number of alkyl halides is 2. The summed E-state index contributed by atoms with van der Waals surface area (Å²) in [7, 11) is 0. The van der Waals surface area contributed by atoms with Gasteiger partial charge in [0.2, 0.25) is 17.7 Å². The summed E-state index contributed by atoms with van der Waals surface area (Å²) in [6.45, 7) is 0.0166. The molecule has 6 nitrogen and oxygen atoms in total. The molecule has 9 heteroatoms. The summed E-state index contributed by atoms with van der Waals surface area (Å²) in [6.07, 6.45) is 5.68. The molecule has 2 heterocycles. The normalized spacial score (nSPS) is 29.3. The fourth-order valence-electron chi connectivity index (χ4n) is 6.27. The zero-order valence-corrected chi connectivity index (χ0v) is 19.8. The van der Waals surface area contributed by atoms with E-state index in [0.29, 0.717) is 30.4 Å². The van der Waals surface area contributed by atoms with Crippen LogP contribution in [0.15, 0.2) is 12.1 Å². The molecule has 0 unspecified atom stereocenters. The number of rotatable bonds is 5. The Labute approximate surface area is 203 Å². The molecule has 4 aliphatic rings. The Morgan fingerprint density at radius 2 is 1.77 bits per heavy atom. The molecule has 0 spiro atoms. The second-order valence-corrected chi connectivity index (χ2v) is 10.6. The van der Waals surface area contributed by atoms with E-state index >= 15 is 4.39 Å². The first kappa shape index (κ1) is 24.3. The highest BCUT2D eigenvalue weighted by molar-refractivity contribution is 6.05. The Bertz CT molecular complexity index is 1020. The van der Waals surface area contributed by atoms with Crippen molar-refractivity contribution >= 4 is 17.7 Å². The Balaban J connectivity index is 1.28. The van der Waals surface area contributed by atoms with E-state index in [1.807, 2.05) is 0 Å². The molecule has 0 radical (unpaired) electrons. The number of fused-ring (bicyclic) bond motifs is 1. The van der Waals surface area contributed by atoms with Gasteiger partial charge in [-0.05, 0) is 56.1 Å². The first-order valence-corrected chi connectivity index (χ1v) is 12.8. The van der Waals surface area contributed by atoms with E-state index < -0.39 is 23.7 Å². The van der Waals surface area contributed by atoms with Crippen molar-refractivity contribution in [3.05, 3.63) is 34.6 Å². The molecule has 5 rings (SSSR count). The molecule has 190 valence electrons. The van der Waals surface area contributed by atoms with Gasteiger partial charge in [0.05, 0.1) is 6.54 Å². The summed E-state index contributed by atoms with van der Waals surface area (Å²) in [4.78, 5) is 38.0. The number of piperidine rings is 1. The molecular formula is C26H32F3N3O3. The Hall–Kier alpha value is -2.42. The van der Waals surface area contributed by atoms with Crippen LogP contribution in [0.2, 0.25) is 0 Å². The Kier molecular flexibility index (Phi) is 6.63. The lowest BCUT2D eigenvalue weighted by molar-refractivity contribution is -0.136. The number of nitrogens with one attached hydrogen (secondary N) is 2. The Morgan fingerprint density at radius 3 is 2.51 bits per heavy atom. The molecule has 2 N–H and O–H groups in total. The second kappa shape index (κ2) is 9.56. The van der Waals surface area contributed by atoms with E-state index in [4.69, 9.17) is 0 Å². The number of hydrogen-bond donors (Lipinski definition) is 2. The van der Waals surface area contributed by atoms with Gasteiger partial charge in [-0.1, -0.05) is 18.9 Å². The zero-order chi connectivity index (χ0) is 24.7. The number of carbonyl (C=O) groups excluding carboxylic acids is 3. The monoisotopic (exact) mass is 491 g/mol. The smallest absolute Gasteiger partial charge is 0.255 e. The fourth-order valence-corrected chi connectivity index (χ4v) is 6.27. The average Bonchev–Trinajstić information content (AvgIpc) is 3.15. The van der Waals surface area contributed by atoms with Crippen molar-refractivity contribution in [1.82, 2.24) is 15.5 Å². The van der Waals surface area contributed by atoms with Gasteiger partial charge < -0.3 is 10.2 Å². The van der Waals surface area contributed by atoms with Crippen LogP contribution in [0.25, 0.3) is 0 Å². The molecule has 2 aliphatic carbocycles. The van der Waals surface area contributed by atoms with E-state index in [0.717, 1.165) is 25.7 Å². The van der Waals surface area contributed by atoms with Gasteiger partial charge in [-0.15, -0.1) is 0 Å². The summed E-state index contributed by atoms with van der Waals surface area (Å²) in [6, 6.07) is 2.79. The van der Waals surface area contributed by atoms with Gasteiger partial charge in [0.25, 0.3) is 5.91 Å². The van der Waals surface area contributed by atoms with Gasteiger partial charge in [0.1, 0.15) is 11.9 Å². The molecule has 0 aromatic heterocycles. The fraction of sp³-hybridized carbons (Fsp3) is 0.654. The predicted octanol–water partition coefficient (Wildman–Crippen LogP) is 3.86. The van der Waals surface area contributed by atoms with E-state index in [1.165, 1.54) is 4.90 Å². The van der Waals surface area contributed by atoms with Gasteiger partial charge in [0.15, 0.2) is 0 Å². The number of benzene rings is 1. The van der Waals surface area contributed by atoms with E-state index in [-0.39, 0.29) is 67.6 Å². The third kappa shape index (κ3) is 4.97. The van der Waals surface area contributed by atoms with E-state index in [9.17, 15) is 23.2 Å². The van der Waals surface area contributed by atoms with Crippen LogP contribution < -0.4 is 10.6 Å². The summed E-state index contributed by atoms with van der Waals surface area (Å²) in [5.41, 5.74) is 1.14. The van der Waals surface area contributed by atoms with Gasteiger partial charge in [-0.2, -0.15) is 0 Å². The minimum absolute atomic E-state index is 0.0166. The molecule has 2 saturated carbocycles. The number of nitrogens with zero attached hydrogens (tertiary/aromatic N) is 1. The lowest BCUT2D eigenvalue weighted by Gasteiger charge is -2.38. The minimum atomic E-state index is -2.56. The molecule has 2 aliphatic heterocycles. The predicted molar refractivity (Wildman–Crippen MR) is 122 cm³/mol. The van der Waals surface area contributed by atoms with Gasteiger partial charge in [-0.3, -0.25) is 19.7 Å². The van der Waals surface area contributed by atoms with Crippen LogP contribution in [-0.2, 0) is 22.6 Å². The highest BCUT2D eigenvalue weighted by Crippen LogP contribution is 2.36. The molecule has 0 bridgehead atoms. The summed E-state index contributed by atoms with van der Waals surface area (Å²) in [5, 5.41) is 5.88. The third-order valence-electron chi connectivity index (χ3n) is 8.29. The van der Waals surface area contributed by atoms with Crippen molar-refractivity contribution in [2.45, 2.75) is 101 Å². The number of amides is 3. The largest absolute Gasteiger partial charge is 0.322 e. The van der Waals surface area contributed by atoms with Crippen LogP contribution in [0.5, 0.6) is 0 Å². The maximum atomic E-state index is 15.6. The zero-order valence-electron chi connectivity index (χ0n) is 19.8. The second-order valence-electron chi connectivity index (χ2n) is 10.6. The standard InChI is InChI=1S/C26H32F3N3O3/c27-23-16(13-15-3-1-2-4-20(15)30-17-9-11-26(28,29)12-10-17)5-6-18-19(23)14-32(25(18)35)21-7-8-22(33)31-24(21)34/h5-6,15,17,20-21,30H,1-4,7-14H2,(H,31,33,34)/t15-,20+,21-/m1/s1. The number of hydrogen-bond acceptors (Lipinski definition) is 4. The van der Waals surface area contributed by atoms with Gasteiger partial charge >= 0.3 is 0 Å². The van der Waals surface area contributed by atoms with Crippen LogP contribution in [0.4, 0.5) is 13.2 Å². The van der Waals surface area contributed by atoms with Gasteiger partial charge in [-0.25, -0.2) is 13.2 Å². The van der Waals surface area contributed by atoms with Crippen LogP contribution >= 0.6 is 0 Å². The molecule has 35 heavy (non-hydrogen) atoms. The number of carbonyl (C=O) groups is 3. The first-order valence-electron chi connectivity index (χ1n) is 12.8. The molecule has 3 atom stereocenters. The highest BCUT2D eigenvalue weighted by Gasteiger charge is 2.41. The summed E-state index contributed by atoms with van der Waals surface area (Å²) < 4.78 is 42.7. The SMILES string of the molecule is O=C1CC[C@@H](N2Cc3c(ccc(C[C@H]4CCCC[C@@H]4NC4CCC(F)(F)CC4)c3F)C2=O)C(=O)N1. The molecule has 1 saturated heterocycles. The third-order valence-corrected chi connectivity index (χ3v) is 8.29. The van der Waals surface area contributed by atoms with Crippen molar-refractivity contribution < 1.29 is 27.6 Å². The van der Waals surface area contributed by atoms with Crippen molar-refractivity contribution in [2.75, 3.05) is 0 Å². The molecular weight excluding hydrogens is 459 g/mol. The van der Waals surface area contributed by atoms with Crippen molar-refractivity contribution in [2.24, 2.45) is 5.92 Å². The number of imide groups is 1. The lowest BCUT2D eigenvalue weighted by Crippen LogP contribution is -2.52. The lowest BCUT2D eigenvalue weighted by atomic mass is 9.79. The number of halogens is 3. The van der Waals surface area contributed by atoms with E-state index in [2.05, 4.69) is 10.6 Å². The topological polar surface area (TPSA) is 78.5 Å². The molecule has 3 amide bonds. The van der Waals surface area contributed by atoms with Crippen molar-refractivity contribution in [1.29, 1.82) is 0 Å². The molecule has 3 fully saturated rings. The van der Waals surface area contributed by atoms with Gasteiger partial charge in [0, 0.05) is 42.5 Å². The Morgan fingerprint density at radius 1 is 1.03 bits per heavy atom. The molecule has 1 aromatic carbocycles. The van der Waals surface area contributed by atoms with Crippen LogP contribution in [0, 0.1) is 11.7 Å². The van der Waals surface area contributed by atoms with Crippen LogP contribution in [-0.4, -0.2) is 46.7 Å². The first-order chi connectivity index (χ1) is 16.7. The van der Waals surface area contributed by atoms with E-state index in [1.54, 1.807) is 12.1 Å². The summed E-state index contributed by atoms with van der Waals surface area (Å²) >= 11 is 0. The van der Waals surface area contributed by atoms with Crippen molar-refractivity contribution in [3.63, 3.8) is 0 Å². The highest BCUT2D eigenvalue weighted by atomic mass is 19.3. The van der Waals surface area contributed by atoms with Crippen LogP contribution in [0.3, 0.4) is 0 Å². The van der Waals surface area contributed by atoms with Crippen LogP contribution in [0.1, 0.15) is 85.7 Å². The van der Waals surface area contributed by atoms with Crippen molar-refractivity contribution in [3.8, 4) is 0 Å². The average molecular weight is 492 g/mol. The summed E-state index contributed by atoms with van der Waals surface area (Å²) in [5.74, 6) is -4.02. The minimum Gasteiger partial charge on any atom is -0.322 e.